The lowest BCUT2D eigenvalue weighted by molar-refractivity contribution is 0.0381. The Balaban J connectivity index is 2.80. The van der Waals surface area contributed by atoms with Crippen LogP contribution in [0, 0.1) is 0 Å². The van der Waals surface area contributed by atoms with Gasteiger partial charge in [0.05, 0.1) is 22.3 Å². The summed E-state index contributed by atoms with van der Waals surface area (Å²) in [5, 5.41) is 75.5. The molecule has 0 unspecified atom stereocenters. The van der Waals surface area contributed by atoms with Crippen molar-refractivity contribution in [2.45, 2.75) is 0 Å². The van der Waals surface area contributed by atoms with E-state index in [1.54, 1.807) is 0 Å². The number of benzene rings is 2. The zero-order valence-electron chi connectivity index (χ0n) is 17.4. The van der Waals surface area contributed by atoms with Gasteiger partial charge in [0.2, 0.25) is 0 Å². The lowest BCUT2D eigenvalue weighted by atomic mass is 9.95. The average molecular weight is 522 g/mol. The molecule has 0 spiro atoms. The first kappa shape index (κ1) is 27.2. The molecule has 0 aliphatic heterocycles. The molecule has 0 atom stereocenters. The fourth-order valence-corrected chi connectivity index (χ4v) is 3.04. The van der Waals surface area contributed by atoms with Crippen LogP contribution in [0.15, 0.2) is 12.1 Å². The van der Waals surface area contributed by atoms with Crippen LogP contribution in [0.2, 0.25) is 0 Å². The van der Waals surface area contributed by atoms with Crippen molar-refractivity contribution in [3.63, 3.8) is 0 Å². The number of carbonyl (C=O) groups is 8. The third kappa shape index (κ3) is 4.80. The van der Waals surface area contributed by atoms with Gasteiger partial charge in [0.25, 0.3) is 0 Å². The molecule has 0 bridgehead atoms. The minimum Gasteiger partial charge on any atom is -0.506 e. The molecule has 0 radical (unpaired) electrons. The van der Waals surface area contributed by atoms with E-state index >= 15 is 0 Å². The van der Waals surface area contributed by atoms with Crippen LogP contribution >= 0.6 is 0 Å². The van der Waals surface area contributed by atoms with Gasteiger partial charge < -0.3 is 45.6 Å². The van der Waals surface area contributed by atoms with Crippen LogP contribution < -0.4 is 0 Å². The Labute approximate surface area is 200 Å². The van der Waals surface area contributed by atoms with Gasteiger partial charge in [-0.1, -0.05) is 0 Å². The van der Waals surface area contributed by atoms with Crippen LogP contribution in [0.1, 0.15) is 82.9 Å². The van der Waals surface area contributed by atoms with Crippen molar-refractivity contribution >= 4 is 47.8 Å². The van der Waals surface area contributed by atoms with E-state index in [1.165, 1.54) is 0 Å². The summed E-state index contributed by atoms with van der Waals surface area (Å²) in [6, 6.07) is 0.276. The maximum Gasteiger partial charge on any atom is 0.350 e. The Morgan fingerprint density at radius 2 is 0.676 bits per heavy atom. The number of esters is 2. The van der Waals surface area contributed by atoms with Crippen LogP contribution in [-0.4, -0.2) is 88.6 Å². The average Bonchev–Trinajstić information content (AvgIpc) is 2.76. The number of carboxylic acid groups (broad SMARTS) is 6. The predicted molar refractivity (Wildman–Crippen MR) is 108 cm³/mol. The van der Waals surface area contributed by atoms with E-state index in [1.807, 2.05) is 0 Å². The normalized spacial score (nSPS) is 10.3. The van der Waals surface area contributed by atoms with Crippen LogP contribution in [-0.2, 0) is 4.74 Å². The monoisotopic (exact) mass is 522 g/mol. The van der Waals surface area contributed by atoms with Crippen molar-refractivity contribution in [1.82, 2.24) is 0 Å². The van der Waals surface area contributed by atoms with E-state index in [2.05, 4.69) is 4.74 Å². The number of hydrogen-bond donors (Lipinski definition) is 8. The first-order valence-corrected chi connectivity index (χ1v) is 8.98. The number of aromatic hydroxyl groups is 2. The minimum absolute atomic E-state index is 0.138. The quantitative estimate of drug-likeness (QED) is 0.170. The number of hydrogen-bond acceptors (Lipinski definition) is 11. The summed E-state index contributed by atoms with van der Waals surface area (Å²) in [7, 11) is 0. The van der Waals surface area contributed by atoms with Gasteiger partial charge in [-0.25, -0.2) is 38.4 Å². The number of rotatable bonds is 8. The number of carboxylic acids is 6. The fraction of sp³-hybridized carbons (Fsp3) is 0. The molecular formula is C20H10O17. The van der Waals surface area contributed by atoms with Crippen molar-refractivity contribution in [1.29, 1.82) is 0 Å². The van der Waals surface area contributed by atoms with Gasteiger partial charge in [-0.3, -0.25) is 0 Å². The van der Waals surface area contributed by atoms with E-state index in [9.17, 15) is 69.0 Å². The Hall–Kier alpha value is -6.00. The molecule has 0 heterocycles. The zero-order valence-corrected chi connectivity index (χ0v) is 17.4. The predicted octanol–water partition coefficient (Wildman–Crippen LogP) is 0.284. The van der Waals surface area contributed by atoms with E-state index in [0.29, 0.717) is 0 Å². The molecule has 37 heavy (non-hydrogen) atoms. The molecule has 0 saturated heterocycles. The van der Waals surface area contributed by atoms with Gasteiger partial charge in [0.1, 0.15) is 33.8 Å². The summed E-state index contributed by atoms with van der Waals surface area (Å²) in [5.74, 6) is -20.6. The second-order valence-corrected chi connectivity index (χ2v) is 6.65. The molecule has 0 saturated carbocycles. The third-order valence-electron chi connectivity index (χ3n) is 4.54. The van der Waals surface area contributed by atoms with Gasteiger partial charge in [0, 0.05) is 0 Å². The van der Waals surface area contributed by atoms with Gasteiger partial charge in [-0.05, 0) is 12.1 Å². The van der Waals surface area contributed by atoms with Gasteiger partial charge in [-0.2, -0.15) is 0 Å². The van der Waals surface area contributed by atoms with Crippen molar-refractivity contribution < 1.29 is 83.9 Å². The van der Waals surface area contributed by atoms with Gasteiger partial charge >= 0.3 is 47.8 Å². The fourth-order valence-electron chi connectivity index (χ4n) is 3.04. The van der Waals surface area contributed by atoms with Crippen LogP contribution in [0.25, 0.3) is 0 Å². The molecule has 0 fully saturated rings. The molecule has 2 aromatic rings. The topological polar surface area (TPSA) is 308 Å². The molecule has 0 amide bonds. The Bertz CT molecular complexity index is 1350. The Kier molecular flexibility index (Phi) is 7.14. The minimum atomic E-state index is -2.20. The zero-order chi connectivity index (χ0) is 28.5. The number of carbonyl (C=O) groups excluding carboxylic acids is 2. The lowest BCUT2D eigenvalue weighted by Crippen LogP contribution is -2.22. The highest BCUT2D eigenvalue weighted by atomic mass is 16.6. The standard InChI is InChI=1S/C20H10O17/c21-11-7(17(31)32)3(13(23)24)1-5(15(27)28)9(11)19(35)37-20(36)10-6(16(29)30)2-4(14(25)26)8(12(10)22)18(33)34/h1-2,21-22H,(H,23,24)(H,25,26)(H,27,28)(H,29,30)(H,31,32)(H,33,34). The van der Waals surface area contributed by atoms with Gasteiger partial charge in [0.15, 0.2) is 0 Å². The summed E-state index contributed by atoms with van der Waals surface area (Å²) in [4.78, 5) is 93.6. The van der Waals surface area contributed by atoms with Gasteiger partial charge in [-0.15, -0.1) is 0 Å². The summed E-state index contributed by atoms with van der Waals surface area (Å²) in [6.07, 6.45) is 0. The van der Waals surface area contributed by atoms with Crippen LogP contribution in [0.4, 0.5) is 0 Å². The molecule has 2 aromatic carbocycles. The summed E-state index contributed by atoms with van der Waals surface area (Å²) in [6.45, 7) is 0. The van der Waals surface area contributed by atoms with E-state index in [-0.39, 0.29) is 12.1 Å². The Morgan fingerprint density at radius 3 is 0.892 bits per heavy atom. The second-order valence-electron chi connectivity index (χ2n) is 6.65. The summed E-state index contributed by atoms with van der Waals surface area (Å²) in [5.41, 5.74) is -11.5. The molecule has 0 aliphatic rings. The first-order chi connectivity index (χ1) is 17.0. The van der Waals surface area contributed by atoms with Crippen molar-refractivity contribution in [2.24, 2.45) is 0 Å². The third-order valence-corrected chi connectivity index (χ3v) is 4.54. The van der Waals surface area contributed by atoms with E-state index in [4.69, 9.17) is 10.2 Å². The number of phenols is 2. The molecule has 8 N–H and O–H groups in total. The smallest absolute Gasteiger partial charge is 0.350 e. The summed E-state index contributed by atoms with van der Waals surface area (Å²) < 4.78 is 4.23. The maximum absolute atomic E-state index is 12.6. The molecule has 17 nitrogen and oxygen atoms in total. The highest BCUT2D eigenvalue weighted by Crippen LogP contribution is 2.34. The first-order valence-electron chi connectivity index (χ1n) is 8.98. The molecule has 0 aromatic heterocycles. The van der Waals surface area contributed by atoms with Crippen molar-refractivity contribution in [3.8, 4) is 11.5 Å². The highest BCUT2D eigenvalue weighted by molar-refractivity contribution is 6.17. The number of aromatic carboxylic acids is 6. The lowest BCUT2D eigenvalue weighted by Gasteiger charge is -2.14. The second kappa shape index (κ2) is 9.70. The van der Waals surface area contributed by atoms with Crippen molar-refractivity contribution in [2.75, 3.05) is 0 Å². The molecule has 2 rings (SSSR count). The molecule has 17 heteroatoms. The number of ether oxygens (including phenoxy) is 1. The summed E-state index contributed by atoms with van der Waals surface area (Å²) >= 11 is 0. The molecule has 0 aliphatic carbocycles. The van der Waals surface area contributed by atoms with Crippen LogP contribution in [0.5, 0.6) is 11.5 Å². The highest BCUT2D eigenvalue weighted by Gasteiger charge is 2.36. The van der Waals surface area contributed by atoms with E-state index < -0.39 is 104 Å². The SMILES string of the molecule is O=C(O)c1cc(C(=O)O)c(C(=O)OC(=O)c2c(C(=O)O)cc(C(=O)O)c(C(=O)O)c2O)c(O)c1C(=O)O. The Morgan fingerprint density at radius 1 is 0.432 bits per heavy atom. The largest absolute Gasteiger partial charge is 0.506 e. The van der Waals surface area contributed by atoms with Crippen molar-refractivity contribution in [3.05, 3.63) is 56.6 Å². The van der Waals surface area contributed by atoms with E-state index in [0.717, 1.165) is 0 Å². The maximum atomic E-state index is 12.6. The molecule has 192 valence electrons. The van der Waals surface area contributed by atoms with Crippen LogP contribution in [0.3, 0.4) is 0 Å². The molecular weight excluding hydrogens is 512 g/mol.